The van der Waals surface area contributed by atoms with Crippen molar-refractivity contribution < 1.29 is 38.8 Å². The minimum Gasteiger partial charge on any atom is -0.481 e. The molecular weight excluding hydrogens is 382 g/mol. The molecule has 9 heteroatoms. The van der Waals surface area contributed by atoms with Gasteiger partial charge >= 0.3 is 18.0 Å². The molecule has 1 saturated heterocycles. The molecular formula is C20H35NO8. The lowest BCUT2D eigenvalue weighted by Gasteiger charge is -2.36. The molecule has 0 radical (unpaired) electrons. The van der Waals surface area contributed by atoms with Crippen LogP contribution in [0, 0.1) is 11.3 Å². The van der Waals surface area contributed by atoms with Crippen LogP contribution in [-0.2, 0) is 23.8 Å². The number of nitrogens with zero attached hydrogens (tertiary/aromatic N) is 1. The molecule has 0 aromatic heterocycles. The van der Waals surface area contributed by atoms with Gasteiger partial charge in [-0.25, -0.2) is 4.79 Å². The van der Waals surface area contributed by atoms with Crippen molar-refractivity contribution in [1.82, 2.24) is 4.90 Å². The molecule has 1 heterocycles. The van der Waals surface area contributed by atoms with Crippen molar-refractivity contribution >= 4 is 18.0 Å². The first-order valence-corrected chi connectivity index (χ1v) is 9.71. The highest BCUT2D eigenvalue weighted by Crippen LogP contribution is 2.38. The summed E-state index contributed by atoms with van der Waals surface area (Å²) < 4.78 is 17.5. The van der Waals surface area contributed by atoms with Gasteiger partial charge in [0.2, 0.25) is 0 Å². The molecule has 29 heavy (non-hydrogen) atoms. The van der Waals surface area contributed by atoms with E-state index in [1.165, 1.54) is 4.90 Å². The molecule has 3 atom stereocenters. The van der Waals surface area contributed by atoms with Gasteiger partial charge in [-0.1, -0.05) is 20.8 Å². The Labute approximate surface area is 172 Å². The highest BCUT2D eigenvalue weighted by atomic mass is 16.6. The molecule has 1 fully saturated rings. The topological polar surface area (TPSA) is 123 Å². The summed E-state index contributed by atoms with van der Waals surface area (Å²) in [6.45, 7) is 13.7. The monoisotopic (exact) mass is 417 g/mol. The Kier molecular flexibility index (Phi) is 7.70. The molecule has 1 rings (SSSR count). The van der Waals surface area contributed by atoms with Gasteiger partial charge in [-0.2, -0.15) is 0 Å². The first kappa shape index (κ1) is 25.2. The van der Waals surface area contributed by atoms with Crippen LogP contribution in [0.1, 0.15) is 68.2 Å². The molecule has 2 N–H and O–H groups in total. The second kappa shape index (κ2) is 8.87. The second-order valence-corrected chi connectivity index (χ2v) is 9.86. The average molecular weight is 417 g/mol. The molecule has 0 unspecified atom stereocenters. The van der Waals surface area contributed by atoms with Crippen molar-refractivity contribution in [2.75, 3.05) is 6.61 Å². The van der Waals surface area contributed by atoms with E-state index >= 15 is 0 Å². The van der Waals surface area contributed by atoms with Gasteiger partial charge < -0.3 is 24.4 Å². The normalized spacial score (nSPS) is 23.0. The lowest BCUT2D eigenvalue weighted by Crippen LogP contribution is -2.51. The van der Waals surface area contributed by atoms with Crippen molar-refractivity contribution in [3.05, 3.63) is 0 Å². The maximum absolute atomic E-state index is 12.9. The SMILES string of the molecule is C[C@H](C[C@@H]1OC(C)(C)N(C(=O)OC(C)(C)C)[C@H]1OCC(C)(C)CC(=O)O)C(=O)O. The fourth-order valence-corrected chi connectivity index (χ4v) is 3.16. The van der Waals surface area contributed by atoms with Crippen LogP contribution >= 0.6 is 0 Å². The van der Waals surface area contributed by atoms with Crippen LogP contribution in [0.5, 0.6) is 0 Å². The largest absolute Gasteiger partial charge is 0.481 e. The van der Waals surface area contributed by atoms with Gasteiger partial charge in [-0.05, 0) is 46.5 Å². The quantitative estimate of drug-likeness (QED) is 0.617. The van der Waals surface area contributed by atoms with E-state index < -0.39 is 53.0 Å². The molecule has 0 aromatic carbocycles. The Balaban J connectivity index is 3.15. The summed E-state index contributed by atoms with van der Waals surface area (Å²) in [5, 5.41) is 18.4. The van der Waals surface area contributed by atoms with Crippen molar-refractivity contribution in [1.29, 1.82) is 0 Å². The maximum Gasteiger partial charge on any atom is 0.414 e. The summed E-state index contributed by atoms with van der Waals surface area (Å²) >= 11 is 0. The van der Waals surface area contributed by atoms with E-state index in [1.807, 2.05) is 0 Å². The molecule has 0 aliphatic carbocycles. The van der Waals surface area contributed by atoms with Crippen LogP contribution in [0.3, 0.4) is 0 Å². The molecule has 0 bridgehead atoms. The van der Waals surface area contributed by atoms with Gasteiger partial charge in [-0.15, -0.1) is 0 Å². The van der Waals surface area contributed by atoms with E-state index in [4.69, 9.17) is 19.3 Å². The minimum absolute atomic E-state index is 0.0423. The van der Waals surface area contributed by atoms with Crippen molar-refractivity contribution in [3.8, 4) is 0 Å². The number of ether oxygens (including phenoxy) is 3. The first-order valence-electron chi connectivity index (χ1n) is 9.71. The Morgan fingerprint density at radius 2 is 1.69 bits per heavy atom. The van der Waals surface area contributed by atoms with E-state index in [0.717, 1.165) is 0 Å². The van der Waals surface area contributed by atoms with E-state index in [0.29, 0.717) is 0 Å². The molecule has 9 nitrogen and oxygen atoms in total. The third-order valence-electron chi connectivity index (χ3n) is 4.46. The number of carboxylic acid groups (broad SMARTS) is 2. The van der Waals surface area contributed by atoms with Gasteiger partial charge in [0.15, 0.2) is 6.23 Å². The Hall–Kier alpha value is -1.87. The van der Waals surface area contributed by atoms with Crippen LogP contribution < -0.4 is 0 Å². The first-order chi connectivity index (χ1) is 12.9. The highest BCUT2D eigenvalue weighted by molar-refractivity contribution is 5.70. The van der Waals surface area contributed by atoms with Gasteiger partial charge in [0.25, 0.3) is 0 Å². The predicted octanol–water partition coefficient (Wildman–Crippen LogP) is 3.31. The van der Waals surface area contributed by atoms with Gasteiger partial charge in [0.05, 0.1) is 18.9 Å². The average Bonchev–Trinajstić information content (AvgIpc) is 2.71. The number of aliphatic carboxylic acids is 2. The molecule has 1 aliphatic rings. The van der Waals surface area contributed by atoms with Crippen LogP contribution in [0.15, 0.2) is 0 Å². The fourth-order valence-electron chi connectivity index (χ4n) is 3.16. The summed E-state index contributed by atoms with van der Waals surface area (Å²) in [4.78, 5) is 36.6. The van der Waals surface area contributed by atoms with Crippen LogP contribution in [0.4, 0.5) is 4.79 Å². The number of carboxylic acids is 2. The highest BCUT2D eigenvalue weighted by Gasteiger charge is 2.53. The van der Waals surface area contributed by atoms with Crippen molar-refractivity contribution in [2.24, 2.45) is 11.3 Å². The number of hydrogen-bond acceptors (Lipinski definition) is 6. The summed E-state index contributed by atoms with van der Waals surface area (Å²) in [5.41, 5.74) is -2.53. The zero-order chi connectivity index (χ0) is 22.8. The lowest BCUT2D eigenvalue weighted by atomic mass is 9.90. The van der Waals surface area contributed by atoms with Crippen LogP contribution in [-0.4, -0.2) is 63.4 Å². The van der Waals surface area contributed by atoms with E-state index in [9.17, 15) is 19.5 Å². The smallest absolute Gasteiger partial charge is 0.414 e. The third-order valence-corrected chi connectivity index (χ3v) is 4.46. The summed E-state index contributed by atoms with van der Waals surface area (Å²) in [6.07, 6.45) is -2.25. The summed E-state index contributed by atoms with van der Waals surface area (Å²) in [5.74, 6) is -2.65. The van der Waals surface area contributed by atoms with Crippen molar-refractivity contribution in [3.63, 3.8) is 0 Å². The summed E-state index contributed by atoms with van der Waals surface area (Å²) in [6, 6.07) is 0. The Morgan fingerprint density at radius 1 is 1.14 bits per heavy atom. The Morgan fingerprint density at radius 3 is 2.14 bits per heavy atom. The maximum atomic E-state index is 12.9. The Bertz CT molecular complexity index is 622. The molecule has 0 spiro atoms. The zero-order valence-electron chi connectivity index (χ0n) is 18.6. The number of hydrogen-bond donors (Lipinski definition) is 2. The second-order valence-electron chi connectivity index (χ2n) is 9.86. The van der Waals surface area contributed by atoms with Gasteiger partial charge in [-0.3, -0.25) is 14.5 Å². The van der Waals surface area contributed by atoms with E-state index in [2.05, 4.69) is 0 Å². The lowest BCUT2D eigenvalue weighted by molar-refractivity contribution is -0.145. The van der Waals surface area contributed by atoms with Crippen LogP contribution in [0.2, 0.25) is 0 Å². The molecule has 168 valence electrons. The van der Waals surface area contributed by atoms with Gasteiger partial charge in [0.1, 0.15) is 17.4 Å². The zero-order valence-corrected chi connectivity index (χ0v) is 18.6. The third kappa shape index (κ3) is 7.47. The van der Waals surface area contributed by atoms with E-state index in [1.54, 1.807) is 55.4 Å². The minimum atomic E-state index is -1.09. The number of rotatable bonds is 8. The standard InChI is InChI=1S/C20H35NO8/c1-12(16(24)25)9-13-15(27-11-19(5,6)10-14(22)23)21(20(7,8)28-13)17(26)29-18(2,3)4/h12-13,15H,9-11H2,1-8H3,(H,22,23)(H,24,25)/t12-,13+,15+/m1/s1. The predicted molar refractivity (Wildman–Crippen MR) is 104 cm³/mol. The van der Waals surface area contributed by atoms with Crippen LogP contribution in [0.25, 0.3) is 0 Å². The molecule has 1 aliphatic heterocycles. The summed E-state index contributed by atoms with van der Waals surface area (Å²) in [7, 11) is 0. The number of amides is 1. The molecule has 0 saturated carbocycles. The van der Waals surface area contributed by atoms with Crippen molar-refractivity contribution in [2.45, 2.75) is 91.9 Å². The number of carbonyl (C=O) groups excluding carboxylic acids is 1. The molecule has 0 aromatic rings. The molecule has 1 amide bonds. The van der Waals surface area contributed by atoms with Gasteiger partial charge in [0, 0.05) is 0 Å². The van der Waals surface area contributed by atoms with E-state index in [-0.39, 0.29) is 19.4 Å². The number of carbonyl (C=O) groups is 3. The fraction of sp³-hybridized carbons (Fsp3) is 0.850.